The number of ether oxygens (including phenoxy) is 1. The van der Waals surface area contributed by atoms with Crippen molar-refractivity contribution >= 4 is 0 Å². The molecule has 1 aromatic rings. The van der Waals surface area contributed by atoms with Gasteiger partial charge < -0.3 is 9.84 Å². The standard InChI is InChI=1S/C12H17NO2/c1-15-11-7-6-10(8-13-11)12(14)9-4-2-3-5-9/h6-9,12,14H,2-5H2,1H3. The fourth-order valence-corrected chi connectivity index (χ4v) is 2.23. The van der Waals surface area contributed by atoms with Crippen LogP contribution in [0.25, 0.3) is 0 Å². The molecule has 0 aromatic carbocycles. The van der Waals surface area contributed by atoms with Crippen molar-refractivity contribution in [1.29, 1.82) is 0 Å². The Kier molecular flexibility index (Phi) is 3.21. The molecule has 1 N–H and O–H groups in total. The Morgan fingerprint density at radius 3 is 2.67 bits per heavy atom. The van der Waals surface area contributed by atoms with Gasteiger partial charge in [0, 0.05) is 12.3 Å². The molecule has 0 amide bonds. The van der Waals surface area contributed by atoms with Gasteiger partial charge in [0.15, 0.2) is 0 Å². The zero-order valence-electron chi connectivity index (χ0n) is 9.02. The molecule has 2 rings (SSSR count). The highest BCUT2D eigenvalue weighted by Crippen LogP contribution is 2.35. The number of nitrogens with zero attached hydrogens (tertiary/aromatic N) is 1. The largest absolute Gasteiger partial charge is 0.481 e. The van der Waals surface area contributed by atoms with Crippen LogP contribution in [0, 0.1) is 5.92 Å². The lowest BCUT2D eigenvalue weighted by molar-refractivity contribution is 0.111. The number of aliphatic hydroxyl groups is 1. The van der Waals surface area contributed by atoms with Gasteiger partial charge in [-0.15, -0.1) is 0 Å². The molecule has 0 spiro atoms. The maximum atomic E-state index is 10.1. The summed E-state index contributed by atoms with van der Waals surface area (Å²) in [5.41, 5.74) is 0.905. The van der Waals surface area contributed by atoms with E-state index in [-0.39, 0.29) is 6.10 Å². The minimum absolute atomic E-state index is 0.356. The monoisotopic (exact) mass is 207 g/mol. The Hall–Kier alpha value is -1.09. The van der Waals surface area contributed by atoms with Crippen LogP contribution in [0.3, 0.4) is 0 Å². The van der Waals surface area contributed by atoms with Gasteiger partial charge in [0.1, 0.15) is 0 Å². The van der Waals surface area contributed by atoms with Crippen LogP contribution >= 0.6 is 0 Å². The normalized spacial score (nSPS) is 19.1. The lowest BCUT2D eigenvalue weighted by atomic mass is 9.96. The van der Waals surface area contributed by atoms with E-state index in [0.29, 0.717) is 11.8 Å². The van der Waals surface area contributed by atoms with Crippen LogP contribution in [0.4, 0.5) is 0 Å². The van der Waals surface area contributed by atoms with Gasteiger partial charge in [-0.05, 0) is 30.4 Å². The highest BCUT2D eigenvalue weighted by Gasteiger charge is 2.24. The summed E-state index contributed by atoms with van der Waals surface area (Å²) in [6, 6.07) is 3.70. The first kappa shape index (κ1) is 10.4. The topological polar surface area (TPSA) is 42.4 Å². The quantitative estimate of drug-likeness (QED) is 0.827. The van der Waals surface area contributed by atoms with Crippen molar-refractivity contribution in [3.8, 4) is 5.88 Å². The van der Waals surface area contributed by atoms with E-state index in [1.807, 2.05) is 6.07 Å². The zero-order valence-corrected chi connectivity index (χ0v) is 9.02. The maximum Gasteiger partial charge on any atom is 0.212 e. The highest BCUT2D eigenvalue weighted by molar-refractivity contribution is 5.20. The van der Waals surface area contributed by atoms with Crippen LogP contribution in [0.15, 0.2) is 18.3 Å². The fourth-order valence-electron chi connectivity index (χ4n) is 2.23. The third-order valence-corrected chi connectivity index (χ3v) is 3.16. The first-order valence-electron chi connectivity index (χ1n) is 5.49. The summed E-state index contributed by atoms with van der Waals surface area (Å²) in [6.07, 6.45) is 6.10. The highest BCUT2D eigenvalue weighted by atomic mass is 16.5. The Bertz CT molecular complexity index is 304. The first-order chi connectivity index (χ1) is 7.31. The van der Waals surface area contributed by atoms with E-state index in [1.165, 1.54) is 12.8 Å². The molecule has 1 fully saturated rings. The van der Waals surface area contributed by atoms with Crippen LogP contribution in [0.5, 0.6) is 5.88 Å². The summed E-state index contributed by atoms with van der Waals surface area (Å²) >= 11 is 0. The third-order valence-electron chi connectivity index (χ3n) is 3.16. The van der Waals surface area contributed by atoms with Gasteiger partial charge in [0.25, 0.3) is 0 Å². The van der Waals surface area contributed by atoms with E-state index < -0.39 is 0 Å². The molecule has 1 saturated carbocycles. The molecule has 1 aliphatic rings. The smallest absolute Gasteiger partial charge is 0.212 e. The second-order valence-corrected chi connectivity index (χ2v) is 4.12. The molecule has 3 heteroatoms. The van der Waals surface area contributed by atoms with Crippen LogP contribution in [-0.2, 0) is 0 Å². The van der Waals surface area contributed by atoms with E-state index in [1.54, 1.807) is 19.4 Å². The van der Waals surface area contributed by atoms with Crippen LogP contribution in [0.1, 0.15) is 37.4 Å². The second kappa shape index (κ2) is 4.62. The average molecular weight is 207 g/mol. The molecule has 1 aliphatic carbocycles. The summed E-state index contributed by atoms with van der Waals surface area (Å²) in [7, 11) is 1.59. The SMILES string of the molecule is COc1ccc(C(O)C2CCCC2)cn1. The number of aliphatic hydroxyl groups excluding tert-OH is 1. The average Bonchev–Trinajstić information content (AvgIpc) is 2.82. The molecule has 1 unspecified atom stereocenters. The summed E-state index contributed by atoms with van der Waals surface area (Å²) < 4.78 is 4.98. The van der Waals surface area contributed by atoms with Crippen molar-refractivity contribution in [1.82, 2.24) is 4.98 Å². The summed E-state index contributed by atoms with van der Waals surface area (Å²) in [5.74, 6) is 1.01. The van der Waals surface area contributed by atoms with E-state index in [0.717, 1.165) is 18.4 Å². The number of hydrogen-bond acceptors (Lipinski definition) is 3. The minimum Gasteiger partial charge on any atom is -0.481 e. The van der Waals surface area contributed by atoms with Crippen LogP contribution < -0.4 is 4.74 Å². The van der Waals surface area contributed by atoms with Crippen molar-refractivity contribution in [3.05, 3.63) is 23.9 Å². The third kappa shape index (κ3) is 2.29. The Morgan fingerprint density at radius 1 is 1.40 bits per heavy atom. The first-order valence-corrected chi connectivity index (χ1v) is 5.49. The van der Waals surface area contributed by atoms with E-state index in [9.17, 15) is 5.11 Å². The maximum absolute atomic E-state index is 10.1. The number of aromatic nitrogens is 1. The Balaban J connectivity index is 2.07. The summed E-state index contributed by atoms with van der Waals surface area (Å²) in [5, 5.41) is 10.1. The molecular weight excluding hydrogens is 190 g/mol. The molecule has 3 nitrogen and oxygen atoms in total. The Labute approximate surface area is 90.1 Å². The van der Waals surface area contributed by atoms with E-state index in [2.05, 4.69) is 4.98 Å². The van der Waals surface area contributed by atoms with Crippen LogP contribution in [-0.4, -0.2) is 17.2 Å². The summed E-state index contributed by atoms with van der Waals surface area (Å²) in [6.45, 7) is 0. The fraction of sp³-hybridized carbons (Fsp3) is 0.583. The zero-order chi connectivity index (χ0) is 10.7. The number of rotatable bonds is 3. The lowest BCUT2D eigenvalue weighted by Gasteiger charge is -2.17. The Morgan fingerprint density at radius 2 is 2.13 bits per heavy atom. The van der Waals surface area contributed by atoms with Crippen LogP contribution in [0.2, 0.25) is 0 Å². The van der Waals surface area contributed by atoms with Gasteiger partial charge in [0.2, 0.25) is 5.88 Å². The van der Waals surface area contributed by atoms with Crippen molar-refractivity contribution in [2.75, 3.05) is 7.11 Å². The molecule has 0 saturated heterocycles. The lowest BCUT2D eigenvalue weighted by Crippen LogP contribution is -2.09. The van der Waals surface area contributed by atoms with Crippen molar-refractivity contribution in [2.45, 2.75) is 31.8 Å². The van der Waals surface area contributed by atoms with Gasteiger partial charge in [0.05, 0.1) is 13.2 Å². The molecular formula is C12H17NO2. The number of pyridine rings is 1. The van der Waals surface area contributed by atoms with Gasteiger partial charge in [-0.25, -0.2) is 4.98 Å². The molecule has 0 radical (unpaired) electrons. The van der Waals surface area contributed by atoms with Crippen molar-refractivity contribution in [2.24, 2.45) is 5.92 Å². The number of hydrogen-bond donors (Lipinski definition) is 1. The van der Waals surface area contributed by atoms with Crippen molar-refractivity contribution < 1.29 is 9.84 Å². The van der Waals surface area contributed by atoms with Gasteiger partial charge in [-0.3, -0.25) is 0 Å². The van der Waals surface area contributed by atoms with Gasteiger partial charge in [-0.2, -0.15) is 0 Å². The molecule has 0 aliphatic heterocycles. The molecule has 1 heterocycles. The van der Waals surface area contributed by atoms with Crippen molar-refractivity contribution in [3.63, 3.8) is 0 Å². The van der Waals surface area contributed by atoms with Gasteiger partial charge in [-0.1, -0.05) is 12.8 Å². The summed E-state index contributed by atoms with van der Waals surface area (Å²) in [4.78, 5) is 4.11. The number of methoxy groups -OCH3 is 1. The molecule has 0 bridgehead atoms. The molecule has 1 atom stereocenters. The molecule has 15 heavy (non-hydrogen) atoms. The molecule has 1 aromatic heterocycles. The van der Waals surface area contributed by atoms with Gasteiger partial charge >= 0.3 is 0 Å². The predicted molar refractivity (Wildman–Crippen MR) is 57.7 cm³/mol. The second-order valence-electron chi connectivity index (χ2n) is 4.12. The minimum atomic E-state index is -0.356. The molecule has 82 valence electrons. The van der Waals surface area contributed by atoms with E-state index >= 15 is 0 Å². The van der Waals surface area contributed by atoms with E-state index in [4.69, 9.17) is 4.74 Å². The predicted octanol–water partition coefficient (Wildman–Crippen LogP) is 2.31.